The third-order valence-electron chi connectivity index (χ3n) is 12.1. The minimum Gasteiger partial charge on any atom is -0.479 e. The molecule has 65 heavy (non-hydrogen) atoms. The molecule has 3 aliphatic heterocycles. The van der Waals surface area contributed by atoms with Crippen LogP contribution >= 0.6 is 22.9 Å². The first-order chi connectivity index (χ1) is 30.8. The summed E-state index contributed by atoms with van der Waals surface area (Å²) in [5, 5.41) is 27.4. The van der Waals surface area contributed by atoms with Crippen LogP contribution in [0.15, 0.2) is 71.5 Å². The number of halogens is 1. The molecule has 3 aromatic carbocycles. The van der Waals surface area contributed by atoms with Crippen LogP contribution in [0, 0.1) is 0 Å². The summed E-state index contributed by atoms with van der Waals surface area (Å²) in [5.74, 6) is -3.92. The van der Waals surface area contributed by atoms with Gasteiger partial charge in [-0.2, -0.15) is 4.31 Å². The average Bonchev–Trinajstić information content (AvgIpc) is 3.67. The van der Waals surface area contributed by atoms with Crippen molar-refractivity contribution < 1.29 is 47.3 Å². The molecule has 0 spiro atoms. The number of imide groups is 1. The van der Waals surface area contributed by atoms with Crippen molar-refractivity contribution in [3.8, 4) is 16.2 Å². The number of nitrogens with one attached hydrogen (secondary N) is 3. The number of ether oxygens (including phenoxy) is 1. The number of fused-ring (bicyclic) bond motifs is 1. The second-order valence-corrected chi connectivity index (χ2v) is 20.4. The minimum absolute atomic E-state index is 0.00463. The first-order valence-electron chi connectivity index (χ1n) is 20.8. The Morgan fingerprint density at radius 2 is 1.71 bits per heavy atom. The highest BCUT2D eigenvalue weighted by atomic mass is 35.5. The van der Waals surface area contributed by atoms with Crippen LogP contribution in [0.2, 0.25) is 5.02 Å². The second kappa shape index (κ2) is 17.6. The molecule has 0 radical (unpaired) electrons. The maximum Gasteiger partial charge on any atom is 0.349 e. The van der Waals surface area contributed by atoms with Crippen LogP contribution in [0.1, 0.15) is 72.3 Å². The van der Waals surface area contributed by atoms with Gasteiger partial charge in [0.25, 0.3) is 0 Å². The number of benzene rings is 3. The Morgan fingerprint density at radius 1 is 0.969 bits per heavy atom. The fourth-order valence-corrected chi connectivity index (χ4v) is 12.3. The third kappa shape index (κ3) is 9.20. The van der Waals surface area contributed by atoms with Gasteiger partial charge < -0.3 is 30.5 Å². The van der Waals surface area contributed by atoms with Gasteiger partial charge in [-0.05, 0) is 86.2 Å². The zero-order valence-corrected chi connectivity index (χ0v) is 37.9. The molecule has 2 aromatic heterocycles. The van der Waals surface area contributed by atoms with E-state index < -0.39 is 46.1 Å². The molecule has 21 heteroatoms. The van der Waals surface area contributed by atoms with Crippen molar-refractivity contribution in [2.45, 2.75) is 68.8 Å². The van der Waals surface area contributed by atoms with Crippen molar-refractivity contribution in [2.75, 3.05) is 36.9 Å². The number of imidazole rings is 1. The molecule has 3 aliphatic rings. The fraction of sp³-hybridized carbons (Fsp3) is 0.364. The van der Waals surface area contributed by atoms with Gasteiger partial charge in [0.05, 0.1) is 21.7 Å². The van der Waals surface area contributed by atoms with E-state index in [1.165, 1.54) is 13.4 Å². The zero-order chi connectivity index (χ0) is 46.5. The van der Waals surface area contributed by atoms with Crippen molar-refractivity contribution in [2.24, 2.45) is 7.05 Å². The minimum atomic E-state index is -3.81. The molecule has 5 heterocycles. The van der Waals surface area contributed by atoms with Crippen LogP contribution in [0.5, 0.6) is 5.75 Å². The smallest absolute Gasteiger partial charge is 0.349 e. The standard InChI is InChI=1S/C44H46ClN7O11S2/c1-44(2)19-30(46-29-9-5-7-26(17-29)38-36(45)37(63-22-35(54)55)39(64-38)41(57)58)14-15-51(44)65(61,62)23-24-6-4-8-28(16-24)47-42(59)50-20-27(21-50)25-10-11-31-33(18-25)49(3)43(60)52(31)32-12-13-34(53)48-40(32)56/h4-11,16-18,27,30,32,46H,12-15,19-23H2,1-3H3,(H,47,59)(H,54,55)(H,57,58)(H,48,53,56)/t30-,32?/m0/s1. The number of hydrogen-bond donors (Lipinski definition) is 5. The lowest BCUT2D eigenvalue weighted by Gasteiger charge is -2.45. The SMILES string of the molecule is Cn1c(=O)n(C2CCC(=O)NC2=O)c2ccc(C3CN(C(=O)Nc4cccc(CS(=O)(=O)N5CC[C@H](Nc6cccc(-c7sc(C(=O)O)c(OCC(=O)O)c7Cl)c6)CC5(C)C)c4)C3)cc21. The van der Waals surface area contributed by atoms with Crippen LogP contribution in [-0.4, -0.2) is 105 Å². The van der Waals surface area contributed by atoms with Crippen molar-refractivity contribution in [3.05, 3.63) is 98.2 Å². The molecular formula is C44H46ClN7O11S2. The molecule has 5 N–H and O–H groups in total. The van der Waals surface area contributed by atoms with Gasteiger partial charge in [0.2, 0.25) is 21.8 Å². The number of aromatic carboxylic acids is 1. The first-order valence-corrected chi connectivity index (χ1v) is 23.6. The van der Waals surface area contributed by atoms with Gasteiger partial charge in [0.1, 0.15) is 11.1 Å². The lowest BCUT2D eigenvalue weighted by atomic mass is 9.89. The number of aliphatic carboxylic acids is 1. The molecule has 0 saturated carbocycles. The Bertz CT molecular complexity index is 2940. The van der Waals surface area contributed by atoms with Gasteiger partial charge in [-0.25, -0.2) is 27.6 Å². The molecule has 0 bridgehead atoms. The number of thiophene rings is 1. The lowest BCUT2D eigenvalue weighted by Crippen LogP contribution is -2.55. The highest BCUT2D eigenvalue weighted by molar-refractivity contribution is 7.88. The van der Waals surface area contributed by atoms with Crippen molar-refractivity contribution in [3.63, 3.8) is 0 Å². The Morgan fingerprint density at radius 3 is 2.42 bits per heavy atom. The number of sulfonamides is 1. The first kappa shape index (κ1) is 45.4. The number of carboxylic acid groups (broad SMARTS) is 2. The van der Waals surface area contributed by atoms with E-state index in [4.69, 9.17) is 21.4 Å². The Kier molecular flexibility index (Phi) is 12.3. The number of aromatic nitrogens is 2. The van der Waals surface area contributed by atoms with Gasteiger partial charge in [-0.3, -0.25) is 24.0 Å². The van der Waals surface area contributed by atoms with E-state index >= 15 is 0 Å². The lowest BCUT2D eigenvalue weighted by molar-refractivity contribution is -0.139. The van der Waals surface area contributed by atoms with Crippen LogP contribution in [0.4, 0.5) is 16.2 Å². The van der Waals surface area contributed by atoms with Crippen LogP contribution in [-0.2, 0) is 37.2 Å². The van der Waals surface area contributed by atoms with E-state index in [0.29, 0.717) is 64.3 Å². The zero-order valence-electron chi connectivity index (χ0n) is 35.5. The van der Waals surface area contributed by atoms with Crippen LogP contribution in [0.3, 0.4) is 0 Å². The van der Waals surface area contributed by atoms with Crippen LogP contribution in [0.25, 0.3) is 21.5 Å². The van der Waals surface area contributed by atoms with E-state index in [0.717, 1.165) is 16.9 Å². The van der Waals surface area contributed by atoms with E-state index in [-0.39, 0.29) is 70.4 Å². The van der Waals surface area contributed by atoms with Crippen LogP contribution < -0.4 is 26.4 Å². The molecule has 8 rings (SSSR count). The molecule has 4 amide bonds. The summed E-state index contributed by atoms with van der Waals surface area (Å²) in [6, 6.07) is 18.3. The summed E-state index contributed by atoms with van der Waals surface area (Å²) >= 11 is 7.39. The van der Waals surface area contributed by atoms with E-state index in [2.05, 4.69) is 16.0 Å². The van der Waals surface area contributed by atoms with E-state index in [1.54, 1.807) is 60.5 Å². The number of piperidine rings is 2. The molecule has 2 atom stereocenters. The molecule has 5 aromatic rings. The molecule has 1 unspecified atom stereocenters. The number of carboxylic acids is 2. The number of amides is 4. The summed E-state index contributed by atoms with van der Waals surface area (Å²) in [7, 11) is -2.18. The predicted molar refractivity (Wildman–Crippen MR) is 243 cm³/mol. The van der Waals surface area contributed by atoms with E-state index in [1.807, 2.05) is 32.0 Å². The van der Waals surface area contributed by atoms with Gasteiger partial charge in [0, 0.05) is 62.0 Å². The second-order valence-electron chi connectivity index (χ2n) is 17.1. The highest BCUT2D eigenvalue weighted by Gasteiger charge is 2.42. The van der Waals surface area contributed by atoms with Gasteiger partial charge in [0.15, 0.2) is 17.2 Å². The highest BCUT2D eigenvalue weighted by Crippen LogP contribution is 2.46. The Balaban J connectivity index is 0.865. The Labute approximate surface area is 381 Å². The number of hydrogen-bond acceptors (Lipinski definition) is 11. The number of aryl methyl sites for hydroxylation is 1. The normalized spacial score (nSPS) is 19.1. The monoisotopic (exact) mass is 947 g/mol. The Hall–Kier alpha value is -6.22. The maximum absolute atomic E-state index is 14.0. The summed E-state index contributed by atoms with van der Waals surface area (Å²) < 4.78 is 37.6. The number of anilines is 2. The van der Waals surface area contributed by atoms with Gasteiger partial charge >= 0.3 is 23.7 Å². The fourth-order valence-electron chi connectivity index (χ4n) is 8.94. The number of rotatable bonds is 13. The van der Waals surface area contributed by atoms with Crippen molar-refractivity contribution in [1.82, 2.24) is 23.7 Å². The summed E-state index contributed by atoms with van der Waals surface area (Å²) in [6.07, 6.45) is 1.35. The largest absolute Gasteiger partial charge is 0.479 e. The number of carbonyl (C=O) groups excluding carboxylic acids is 3. The quantitative estimate of drug-likeness (QED) is 0.0897. The maximum atomic E-state index is 14.0. The molecular weight excluding hydrogens is 902 g/mol. The third-order valence-corrected chi connectivity index (χ3v) is 15.8. The number of likely N-dealkylation sites (tertiary alicyclic amines) is 1. The number of carbonyl (C=O) groups is 5. The molecule has 3 saturated heterocycles. The molecule has 18 nitrogen and oxygen atoms in total. The van der Waals surface area contributed by atoms with Gasteiger partial charge in [-0.1, -0.05) is 41.9 Å². The summed E-state index contributed by atoms with van der Waals surface area (Å²) in [6.45, 7) is 4.08. The van der Waals surface area contributed by atoms with Gasteiger partial charge in [-0.15, -0.1) is 11.3 Å². The molecule has 0 aliphatic carbocycles. The summed E-state index contributed by atoms with van der Waals surface area (Å²) in [4.78, 5) is 75.6. The molecule has 342 valence electrons. The number of nitrogens with zero attached hydrogens (tertiary/aromatic N) is 4. The molecule has 3 fully saturated rings. The topological polar surface area (TPSA) is 239 Å². The van der Waals surface area contributed by atoms with Crippen molar-refractivity contribution in [1.29, 1.82) is 0 Å². The predicted octanol–water partition coefficient (Wildman–Crippen LogP) is 5.68. The average molecular weight is 948 g/mol. The van der Waals surface area contributed by atoms with E-state index in [9.17, 15) is 42.3 Å². The number of urea groups is 1. The summed E-state index contributed by atoms with van der Waals surface area (Å²) in [5.41, 5.74) is 3.29. The van der Waals surface area contributed by atoms with Crippen molar-refractivity contribution >= 4 is 85.2 Å².